The van der Waals surface area contributed by atoms with Crippen LogP contribution in [0.2, 0.25) is 0 Å². The second kappa shape index (κ2) is 5.33. The van der Waals surface area contributed by atoms with Crippen LogP contribution in [-0.4, -0.2) is 40.1 Å². The molecule has 0 bridgehead atoms. The summed E-state index contributed by atoms with van der Waals surface area (Å²) < 4.78 is 0. The van der Waals surface area contributed by atoms with E-state index in [0.717, 1.165) is 31.0 Å². The smallest absolute Gasteiger partial charge is 0.221 e. The molecule has 2 heterocycles. The van der Waals surface area contributed by atoms with E-state index in [4.69, 9.17) is 0 Å². The first-order valence-electron chi connectivity index (χ1n) is 6.92. The molecule has 19 heavy (non-hydrogen) atoms. The molecule has 1 aromatic heterocycles. The predicted molar refractivity (Wildman–Crippen MR) is 74.8 cm³/mol. The van der Waals surface area contributed by atoms with E-state index in [1.165, 1.54) is 0 Å². The molecule has 1 aliphatic heterocycles. The van der Waals surface area contributed by atoms with Gasteiger partial charge in [-0.25, -0.2) is 0 Å². The summed E-state index contributed by atoms with van der Waals surface area (Å²) in [6.07, 6.45) is 0.574. The summed E-state index contributed by atoms with van der Waals surface area (Å²) in [5, 5.41) is 10.4. The van der Waals surface area contributed by atoms with Crippen LogP contribution >= 0.6 is 0 Å². The molecule has 1 aromatic rings. The standard InChI is InChI=1S/C14H24N4O/c1-10-8-15-13(19)5-6-18(10)9-11-7-12(17-16-11)14(2,3)4/h7,10H,5-6,8-9H2,1-4H3,(H,15,19)(H,16,17)/t10-/m0/s1. The lowest BCUT2D eigenvalue weighted by Crippen LogP contribution is -2.37. The number of hydrogen-bond donors (Lipinski definition) is 2. The van der Waals surface area contributed by atoms with Crippen molar-refractivity contribution in [3.63, 3.8) is 0 Å². The molecule has 5 heteroatoms. The van der Waals surface area contributed by atoms with Gasteiger partial charge in [-0.15, -0.1) is 0 Å². The number of hydrogen-bond acceptors (Lipinski definition) is 3. The summed E-state index contributed by atoms with van der Waals surface area (Å²) >= 11 is 0. The average molecular weight is 264 g/mol. The number of H-pyrrole nitrogens is 1. The fourth-order valence-corrected chi connectivity index (χ4v) is 2.23. The summed E-state index contributed by atoms with van der Waals surface area (Å²) in [5.41, 5.74) is 2.27. The second-order valence-corrected chi connectivity index (χ2v) is 6.40. The predicted octanol–water partition coefficient (Wildman–Crippen LogP) is 1.42. The van der Waals surface area contributed by atoms with Gasteiger partial charge in [-0.1, -0.05) is 20.8 Å². The first-order valence-corrected chi connectivity index (χ1v) is 6.92. The highest BCUT2D eigenvalue weighted by Crippen LogP contribution is 2.21. The molecule has 5 nitrogen and oxygen atoms in total. The molecule has 0 unspecified atom stereocenters. The van der Waals surface area contributed by atoms with E-state index >= 15 is 0 Å². The maximum absolute atomic E-state index is 11.4. The van der Waals surface area contributed by atoms with Gasteiger partial charge in [-0.05, 0) is 13.0 Å². The Kier molecular flexibility index (Phi) is 3.94. The number of nitrogens with one attached hydrogen (secondary N) is 2. The second-order valence-electron chi connectivity index (χ2n) is 6.40. The normalized spacial score (nSPS) is 22.1. The third-order valence-corrected chi connectivity index (χ3v) is 3.62. The monoisotopic (exact) mass is 264 g/mol. The maximum Gasteiger partial charge on any atom is 0.221 e. The Balaban J connectivity index is 2.03. The topological polar surface area (TPSA) is 61.0 Å². The number of rotatable bonds is 2. The van der Waals surface area contributed by atoms with Crippen molar-refractivity contribution in [1.82, 2.24) is 20.4 Å². The van der Waals surface area contributed by atoms with Gasteiger partial charge in [0, 0.05) is 43.2 Å². The number of aromatic nitrogens is 2. The summed E-state index contributed by atoms with van der Waals surface area (Å²) in [6.45, 7) is 11.0. The van der Waals surface area contributed by atoms with Crippen molar-refractivity contribution in [2.75, 3.05) is 13.1 Å². The van der Waals surface area contributed by atoms with E-state index in [1.807, 2.05) is 0 Å². The minimum atomic E-state index is 0.0661. The fraction of sp³-hybridized carbons (Fsp3) is 0.714. The molecule has 0 radical (unpaired) electrons. The van der Waals surface area contributed by atoms with Crippen LogP contribution in [0.3, 0.4) is 0 Å². The molecule has 1 atom stereocenters. The highest BCUT2D eigenvalue weighted by atomic mass is 16.1. The van der Waals surface area contributed by atoms with Crippen molar-refractivity contribution in [2.24, 2.45) is 0 Å². The zero-order valence-corrected chi connectivity index (χ0v) is 12.3. The van der Waals surface area contributed by atoms with Gasteiger partial charge in [-0.2, -0.15) is 5.10 Å². The van der Waals surface area contributed by atoms with Crippen molar-refractivity contribution in [3.05, 3.63) is 17.5 Å². The summed E-state index contributed by atoms with van der Waals surface area (Å²) in [5.74, 6) is 0.148. The van der Waals surface area contributed by atoms with Crippen molar-refractivity contribution in [1.29, 1.82) is 0 Å². The Morgan fingerprint density at radius 3 is 2.84 bits per heavy atom. The first-order chi connectivity index (χ1) is 8.86. The van der Waals surface area contributed by atoms with E-state index in [1.54, 1.807) is 0 Å². The molecule has 1 amide bonds. The highest BCUT2D eigenvalue weighted by molar-refractivity contribution is 5.76. The number of aromatic amines is 1. The van der Waals surface area contributed by atoms with Gasteiger partial charge < -0.3 is 5.32 Å². The van der Waals surface area contributed by atoms with Crippen LogP contribution in [0.4, 0.5) is 0 Å². The summed E-state index contributed by atoms with van der Waals surface area (Å²) in [4.78, 5) is 13.7. The Hall–Kier alpha value is -1.36. The van der Waals surface area contributed by atoms with E-state index in [0.29, 0.717) is 12.5 Å². The van der Waals surface area contributed by atoms with Gasteiger partial charge in [0.2, 0.25) is 5.91 Å². The van der Waals surface area contributed by atoms with E-state index < -0.39 is 0 Å². The third-order valence-electron chi connectivity index (χ3n) is 3.62. The molecule has 2 rings (SSSR count). The van der Waals surface area contributed by atoms with Crippen LogP contribution in [-0.2, 0) is 16.8 Å². The molecule has 1 aliphatic rings. The lowest BCUT2D eigenvalue weighted by molar-refractivity contribution is -0.120. The van der Waals surface area contributed by atoms with Gasteiger partial charge >= 0.3 is 0 Å². The zero-order chi connectivity index (χ0) is 14.0. The Morgan fingerprint density at radius 1 is 1.47 bits per heavy atom. The Labute approximate surface area is 114 Å². The Bertz CT molecular complexity index is 447. The fourth-order valence-electron chi connectivity index (χ4n) is 2.23. The zero-order valence-electron chi connectivity index (χ0n) is 12.3. The van der Waals surface area contributed by atoms with Crippen LogP contribution in [0.1, 0.15) is 45.5 Å². The Morgan fingerprint density at radius 2 is 2.21 bits per heavy atom. The molecule has 0 aromatic carbocycles. The van der Waals surface area contributed by atoms with Crippen LogP contribution < -0.4 is 5.32 Å². The largest absolute Gasteiger partial charge is 0.355 e. The average Bonchev–Trinajstić information content (AvgIpc) is 2.73. The van der Waals surface area contributed by atoms with Crippen molar-refractivity contribution < 1.29 is 4.79 Å². The van der Waals surface area contributed by atoms with Crippen molar-refractivity contribution in [3.8, 4) is 0 Å². The van der Waals surface area contributed by atoms with Gasteiger partial charge in [0.1, 0.15) is 0 Å². The molecule has 106 valence electrons. The minimum absolute atomic E-state index is 0.0661. The van der Waals surface area contributed by atoms with Gasteiger partial charge in [0.25, 0.3) is 0 Å². The number of amides is 1. The van der Waals surface area contributed by atoms with Crippen LogP contribution in [0.15, 0.2) is 6.07 Å². The first kappa shape index (κ1) is 14.1. The quantitative estimate of drug-likeness (QED) is 0.849. The van der Waals surface area contributed by atoms with E-state index in [-0.39, 0.29) is 11.3 Å². The minimum Gasteiger partial charge on any atom is -0.355 e. The van der Waals surface area contributed by atoms with Gasteiger partial charge in [0.05, 0.1) is 5.69 Å². The molecular weight excluding hydrogens is 240 g/mol. The molecule has 1 fully saturated rings. The van der Waals surface area contributed by atoms with Crippen molar-refractivity contribution in [2.45, 2.75) is 52.1 Å². The van der Waals surface area contributed by atoms with Crippen LogP contribution in [0.25, 0.3) is 0 Å². The number of carbonyl (C=O) groups is 1. The maximum atomic E-state index is 11.4. The van der Waals surface area contributed by atoms with E-state index in [2.05, 4.69) is 54.2 Å². The third kappa shape index (κ3) is 3.56. The number of nitrogens with zero attached hydrogens (tertiary/aromatic N) is 2. The lowest BCUT2D eigenvalue weighted by Gasteiger charge is -2.25. The SMILES string of the molecule is C[C@H]1CNC(=O)CCN1Cc1cc(C(C)(C)C)n[nH]1. The number of carbonyl (C=O) groups excluding carboxylic acids is 1. The molecule has 0 aliphatic carbocycles. The summed E-state index contributed by atoms with van der Waals surface area (Å²) in [7, 11) is 0. The van der Waals surface area contributed by atoms with Gasteiger partial charge in [-0.3, -0.25) is 14.8 Å². The van der Waals surface area contributed by atoms with Crippen LogP contribution in [0.5, 0.6) is 0 Å². The molecular formula is C14H24N4O. The lowest BCUT2D eigenvalue weighted by atomic mass is 9.92. The molecule has 0 spiro atoms. The van der Waals surface area contributed by atoms with Crippen molar-refractivity contribution >= 4 is 5.91 Å². The molecule has 0 saturated carbocycles. The van der Waals surface area contributed by atoms with Crippen LogP contribution in [0, 0.1) is 0 Å². The van der Waals surface area contributed by atoms with E-state index in [9.17, 15) is 4.79 Å². The molecule has 1 saturated heterocycles. The summed E-state index contributed by atoms with van der Waals surface area (Å²) in [6, 6.07) is 2.49. The van der Waals surface area contributed by atoms with Gasteiger partial charge in [0.15, 0.2) is 0 Å². The molecule has 2 N–H and O–H groups in total. The highest BCUT2D eigenvalue weighted by Gasteiger charge is 2.22.